The summed E-state index contributed by atoms with van der Waals surface area (Å²) in [5, 5.41) is 3.43. The van der Waals surface area contributed by atoms with Gasteiger partial charge in [0, 0.05) is 15.4 Å². The Labute approximate surface area is 159 Å². The van der Waals surface area contributed by atoms with E-state index in [9.17, 15) is 9.59 Å². The number of aryl methyl sites for hydroxylation is 1. The van der Waals surface area contributed by atoms with E-state index in [0.717, 1.165) is 34.9 Å². The second kappa shape index (κ2) is 7.97. The summed E-state index contributed by atoms with van der Waals surface area (Å²) in [6.07, 6.45) is 6.09. The molecule has 1 heterocycles. The molecule has 130 valence electrons. The largest absolute Gasteiger partial charge is 0.462 e. The number of amides is 1. The molecule has 0 radical (unpaired) electrons. The van der Waals surface area contributed by atoms with Crippen LogP contribution in [0.25, 0.3) is 6.08 Å². The number of esters is 1. The zero-order valence-electron chi connectivity index (χ0n) is 13.8. The summed E-state index contributed by atoms with van der Waals surface area (Å²) in [7, 11) is 0. The third kappa shape index (κ3) is 4.19. The Hall–Kier alpha value is -1.92. The van der Waals surface area contributed by atoms with Crippen molar-refractivity contribution < 1.29 is 14.3 Å². The highest BCUT2D eigenvalue weighted by atomic mass is 79.9. The minimum Gasteiger partial charge on any atom is -0.462 e. The molecule has 1 amide bonds. The van der Waals surface area contributed by atoms with Gasteiger partial charge in [-0.1, -0.05) is 28.1 Å². The molecule has 1 aromatic heterocycles. The molecule has 4 nitrogen and oxygen atoms in total. The topological polar surface area (TPSA) is 55.4 Å². The number of hydrogen-bond acceptors (Lipinski definition) is 4. The van der Waals surface area contributed by atoms with E-state index in [1.54, 1.807) is 13.0 Å². The van der Waals surface area contributed by atoms with Crippen molar-refractivity contribution in [3.05, 3.63) is 56.4 Å². The van der Waals surface area contributed by atoms with Crippen LogP contribution in [-0.2, 0) is 22.4 Å². The van der Waals surface area contributed by atoms with E-state index >= 15 is 0 Å². The lowest BCUT2D eigenvalue weighted by atomic mass is 10.1. The van der Waals surface area contributed by atoms with Gasteiger partial charge in [-0.3, -0.25) is 4.79 Å². The van der Waals surface area contributed by atoms with Crippen LogP contribution in [0.5, 0.6) is 0 Å². The third-order valence-electron chi connectivity index (χ3n) is 3.93. The quantitative estimate of drug-likeness (QED) is 0.557. The maximum atomic E-state index is 12.3. The fraction of sp³-hybridized carbons (Fsp3) is 0.263. The van der Waals surface area contributed by atoms with E-state index in [2.05, 4.69) is 21.2 Å². The predicted molar refractivity (Wildman–Crippen MR) is 104 cm³/mol. The lowest BCUT2D eigenvalue weighted by Crippen LogP contribution is -2.13. The number of halogens is 1. The van der Waals surface area contributed by atoms with Crippen LogP contribution < -0.4 is 5.32 Å². The molecular weight excluding hydrogens is 402 g/mol. The molecule has 0 bridgehead atoms. The first-order valence-corrected chi connectivity index (χ1v) is 9.75. The molecule has 0 unspecified atom stereocenters. The van der Waals surface area contributed by atoms with E-state index < -0.39 is 0 Å². The van der Waals surface area contributed by atoms with Crippen molar-refractivity contribution >= 4 is 50.2 Å². The Balaban J connectivity index is 1.77. The van der Waals surface area contributed by atoms with Crippen LogP contribution in [0, 0.1) is 0 Å². The molecule has 0 saturated heterocycles. The van der Waals surface area contributed by atoms with Gasteiger partial charge in [0.25, 0.3) is 0 Å². The molecule has 0 aliphatic heterocycles. The number of carbonyl (C=O) groups excluding carboxylic acids is 2. The molecule has 25 heavy (non-hydrogen) atoms. The molecule has 3 rings (SSSR count). The summed E-state index contributed by atoms with van der Waals surface area (Å²) in [4.78, 5) is 25.7. The fourth-order valence-corrected chi connectivity index (χ4v) is 4.36. The second-order valence-corrected chi connectivity index (χ2v) is 7.68. The minimum absolute atomic E-state index is 0.256. The summed E-state index contributed by atoms with van der Waals surface area (Å²) >= 11 is 4.86. The van der Waals surface area contributed by atoms with Gasteiger partial charge in [0.05, 0.1) is 12.2 Å². The van der Waals surface area contributed by atoms with Gasteiger partial charge >= 0.3 is 5.97 Å². The van der Waals surface area contributed by atoms with Crippen LogP contribution in [0.15, 0.2) is 34.8 Å². The number of nitrogens with one attached hydrogen (secondary N) is 1. The number of carbonyl (C=O) groups is 2. The van der Waals surface area contributed by atoms with Crippen LogP contribution >= 0.6 is 27.3 Å². The molecule has 0 spiro atoms. The van der Waals surface area contributed by atoms with E-state index in [-0.39, 0.29) is 11.9 Å². The van der Waals surface area contributed by atoms with E-state index in [0.29, 0.717) is 17.2 Å². The number of anilines is 1. The first kappa shape index (κ1) is 17.9. The standard InChI is InChI=1S/C19H18BrNO3S/c1-2-24-19(23)17-14-4-3-5-15(14)25-18(17)21-16(22)11-8-12-6-9-13(20)10-7-12/h6-11H,2-5H2,1H3,(H,21,22). The monoisotopic (exact) mass is 419 g/mol. The van der Waals surface area contributed by atoms with Gasteiger partial charge in [0.1, 0.15) is 5.00 Å². The molecule has 2 aromatic rings. The van der Waals surface area contributed by atoms with Crippen molar-refractivity contribution in [3.8, 4) is 0 Å². The maximum absolute atomic E-state index is 12.3. The molecular formula is C19H18BrNO3S. The third-order valence-corrected chi connectivity index (χ3v) is 5.67. The highest BCUT2D eigenvalue weighted by molar-refractivity contribution is 9.10. The lowest BCUT2D eigenvalue weighted by Gasteiger charge is -2.06. The number of thiophene rings is 1. The van der Waals surface area contributed by atoms with Gasteiger partial charge in [-0.2, -0.15) is 0 Å². The van der Waals surface area contributed by atoms with Gasteiger partial charge in [0.2, 0.25) is 5.91 Å². The number of rotatable bonds is 5. The second-order valence-electron chi connectivity index (χ2n) is 5.66. The zero-order chi connectivity index (χ0) is 17.8. The minimum atomic E-state index is -0.353. The normalized spacial score (nSPS) is 13.0. The summed E-state index contributed by atoms with van der Waals surface area (Å²) in [5.41, 5.74) is 2.50. The first-order chi connectivity index (χ1) is 12.1. The van der Waals surface area contributed by atoms with Crippen molar-refractivity contribution in [1.29, 1.82) is 0 Å². The van der Waals surface area contributed by atoms with Crippen LogP contribution in [-0.4, -0.2) is 18.5 Å². The van der Waals surface area contributed by atoms with Crippen molar-refractivity contribution in [2.24, 2.45) is 0 Å². The molecule has 1 N–H and O–H groups in total. The number of ether oxygens (including phenoxy) is 1. The molecule has 1 aliphatic rings. The van der Waals surface area contributed by atoms with Crippen molar-refractivity contribution in [3.63, 3.8) is 0 Å². The average molecular weight is 420 g/mol. The lowest BCUT2D eigenvalue weighted by molar-refractivity contribution is -0.111. The van der Waals surface area contributed by atoms with Gasteiger partial charge in [0.15, 0.2) is 0 Å². The van der Waals surface area contributed by atoms with Gasteiger partial charge in [-0.05, 0) is 55.5 Å². The van der Waals surface area contributed by atoms with Crippen molar-refractivity contribution in [2.45, 2.75) is 26.2 Å². The van der Waals surface area contributed by atoms with Crippen LogP contribution in [0.2, 0.25) is 0 Å². The Morgan fingerprint density at radius 1 is 1.28 bits per heavy atom. The van der Waals surface area contributed by atoms with Crippen molar-refractivity contribution in [2.75, 3.05) is 11.9 Å². The van der Waals surface area contributed by atoms with Crippen LogP contribution in [0.3, 0.4) is 0 Å². The highest BCUT2D eigenvalue weighted by Crippen LogP contribution is 2.39. The van der Waals surface area contributed by atoms with Gasteiger partial charge in [-0.25, -0.2) is 4.79 Å². The summed E-state index contributed by atoms with van der Waals surface area (Å²) in [6, 6.07) is 7.66. The Morgan fingerprint density at radius 2 is 2.04 bits per heavy atom. The number of benzene rings is 1. The molecule has 1 aromatic carbocycles. The first-order valence-electron chi connectivity index (χ1n) is 8.14. The zero-order valence-corrected chi connectivity index (χ0v) is 16.2. The summed E-state index contributed by atoms with van der Waals surface area (Å²) in [6.45, 7) is 2.10. The van der Waals surface area contributed by atoms with Crippen molar-refractivity contribution in [1.82, 2.24) is 0 Å². The SMILES string of the molecule is CCOC(=O)c1c(NC(=O)C=Cc2ccc(Br)cc2)sc2c1CCC2. The van der Waals surface area contributed by atoms with E-state index in [1.807, 2.05) is 24.3 Å². The maximum Gasteiger partial charge on any atom is 0.341 e. The number of fused-ring (bicyclic) bond motifs is 1. The predicted octanol–water partition coefficient (Wildman–Crippen LogP) is 4.83. The van der Waals surface area contributed by atoms with E-state index in [4.69, 9.17) is 4.74 Å². The molecule has 1 aliphatic carbocycles. The highest BCUT2D eigenvalue weighted by Gasteiger charge is 2.27. The summed E-state index contributed by atoms with van der Waals surface area (Å²) < 4.78 is 6.16. The van der Waals surface area contributed by atoms with Gasteiger partial charge < -0.3 is 10.1 Å². The van der Waals surface area contributed by atoms with Crippen LogP contribution in [0.4, 0.5) is 5.00 Å². The Bertz CT molecular complexity index is 824. The average Bonchev–Trinajstić information content (AvgIpc) is 3.15. The van der Waals surface area contributed by atoms with Gasteiger partial charge in [-0.15, -0.1) is 11.3 Å². The molecule has 0 atom stereocenters. The smallest absolute Gasteiger partial charge is 0.341 e. The molecule has 0 fully saturated rings. The Morgan fingerprint density at radius 3 is 2.76 bits per heavy atom. The number of hydrogen-bond donors (Lipinski definition) is 1. The fourth-order valence-electron chi connectivity index (χ4n) is 2.81. The van der Waals surface area contributed by atoms with E-state index in [1.165, 1.54) is 22.3 Å². The molecule has 6 heteroatoms. The molecule has 0 saturated carbocycles. The summed E-state index contributed by atoms with van der Waals surface area (Å²) in [5.74, 6) is -0.609. The Kier molecular flexibility index (Phi) is 5.71. The van der Waals surface area contributed by atoms with Crippen LogP contribution in [0.1, 0.15) is 39.7 Å².